The van der Waals surface area contributed by atoms with Crippen molar-refractivity contribution in [3.63, 3.8) is 0 Å². The number of hydrogen-bond donors (Lipinski definition) is 1. The van der Waals surface area contributed by atoms with E-state index in [4.69, 9.17) is 5.73 Å². The fourth-order valence-electron chi connectivity index (χ4n) is 2.04. The fourth-order valence-corrected chi connectivity index (χ4v) is 2.04. The van der Waals surface area contributed by atoms with Crippen LogP contribution < -0.4 is 5.73 Å². The molecule has 0 amide bonds. The predicted molar refractivity (Wildman–Crippen MR) is 64.7 cm³/mol. The van der Waals surface area contributed by atoms with Gasteiger partial charge in [0.1, 0.15) is 12.2 Å². The van der Waals surface area contributed by atoms with E-state index >= 15 is 0 Å². The van der Waals surface area contributed by atoms with Gasteiger partial charge in [0, 0.05) is 19.0 Å². The van der Waals surface area contributed by atoms with Crippen molar-refractivity contribution in [2.75, 3.05) is 0 Å². The SMILES string of the molecule is Cl.Cl.Cn1cnnc1C1CCC(N)CC1. The Morgan fingerprint density at radius 1 is 1.27 bits per heavy atom. The van der Waals surface area contributed by atoms with Crippen LogP contribution in [-0.2, 0) is 7.05 Å². The summed E-state index contributed by atoms with van der Waals surface area (Å²) < 4.78 is 2.02. The molecule has 1 aromatic rings. The number of rotatable bonds is 1. The van der Waals surface area contributed by atoms with Crippen LogP contribution in [-0.4, -0.2) is 20.8 Å². The lowest BCUT2D eigenvalue weighted by atomic mass is 9.86. The van der Waals surface area contributed by atoms with E-state index < -0.39 is 0 Å². The molecule has 0 aliphatic heterocycles. The van der Waals surface area contributed by atoms with Gasteiger partial charge in [-0.15, -0.1) is 35.0 Å². The van der Waals surface area contributed by atoms with Gasteiger partial charge in [-0.25, -0.2) is 0 Å². The Balaban J connectivity index is 0.000000980. The third-order valence-corrected chi connectivity index (χ3v) is 2.88. The molecule has 0 unspecified atom stereocenters. The summed E-state index contributed by atoms with van der Waals surface area (Å²) in [6.45, 7) is 0. The van der Waals surface area contributed by atoms with Gasteiger partial charge >= 0.3 is 0 Å². The second kappa shape index (κ2) is 6.30. The molecule has 0 spiro atoms. The number of nitrogens with two attached hydrogens (primary N) is 1. The Morgan fingerprint density at radius 3 is 2.33 bits per heavy atom. The summed E-state index contributed by atoms with van der Waals surface area (Å²) >= 11 is 0. The van der Waals surface area contributed by atoms with Crippen molar-refractivity contribution in [1.29, 1.82) is 0 Å². The molecule has 1 saturated carbocycles. The Labute approximate surface area is 102 Å². The van der Waals surface area contributed by atoms with Gasteiger partial charge in [0.2, 0.25) is 0 Å². The quantitative estimate of drug-likeness (QED) is 0.827. The number of halogens is 2. The van der Waals surface area contributed by atoms with Gasteiger partial charge in [-0.05, 0) is 25.7 Å². The molecule has 1 aliphatic rings. The van der Waals surface area contributed by atoms with Gasteiger partial charge in [0.25, 0.3) is 0 Å². The molecule has 15 heavy (non-hydrogen) atoms. The molecule has 2 N–H and O–H groups in total. The van der Waals surface area contributed by atoms with Crippen LogP contribution in [0.1, 0.15) is 37.4 Å². The lowest BCUT2D eigenvalue weighted by Gasteiger charge is -2.24. The average Bonchev–Trinajstić information content (AvgIpc) is 2.53. The van der Waals surface area contributed by atoms with E-state index in [9.17, 15) is 0 Å². The number of aromatic nitrogens is 3. The monoisotopic (exact) mass is 252 g/mol. The summed E-state index contributed by atoms with van der Waals surface area (Å²) in [7, 11) is 2.00. The smallest absolute Gasteiger partial charge is 0.135 e. The highest BCUT2D eigenvalue weighted by molar-refractivity contribution is 5.85. The first kappa shape index (κ1) is 14.7. The Bertz CT molecular complexity index is 281. The number of hydrogen-bond acceptors (Lipinski definition) is 3. The molecule has 1 fully saturated rings. The summed E-state index contributed by atoms with van der Waals surface area (Å²) in [5, 5.41) is 8.03. The largest absolute Gasteiger partial charge is 0.328 e. The average molecular weight is 253 g/mol. The van der Waals surface area contributed by atoms with E-state index in [1.807, 2.05) is 11.6 Å². The predicted octanol–water partition coefficient (Wildman–Crippen LogP) is 1.64. The molecule has 2 rings (SSSR count). The molecule has 0 radical (unpaired) electrons. The van der Waals surface area contributed by atoms with Gasteiger partial charge < -0.3 is 10.3 Å². The maximum absolute atomic E-state index is 5.85. The van der Waals surface area contributed by atoms with Gasteiger partial charge in [0.05, 0.1) is 0 Å². The topological polar surface area (TPSA) is 56.7 Å². The van der Waals surface area contributed by atoms with E-state index in [0.29, 0.717) is 12.0 Å². The Kier molecular flexibility index (Phi) is 6.17. The van der Waals surface area contributed by atoms with Gasteiger partial charge in [-0.3, -0.25) is 0 Å². The second-order valence-corrected chi connectivity index (χ2v) is 3.91. The zero-order chi connectivity index (χ0) is 9.26. The molecule has 1 aliphatic carbocycles. The molecule has 4 nitrogen and oxygen atoms in total. The summed E-state index contributed by atoms with van der Waals surface area (Å²) in [5.41, 5.74) is 5.85. The Morgan fingerprint density at radius 2 is 1.87 bits per heavy atom. The van der Waals surface area contributed by atoms with Crippen LogP contribution in [0.25, 0.3) is 0 Å². The first-order valence-electron chi connectivity index (χ1n) is 4.87. The maximum atomic E-state index is 5.85. The molecule has 6 heteroatoms. The summed E-state index contributed by atoms with van der Waals surface area (Å²) in [5.74, 6) is 1.69. The first-order chi connectivity index (χ1) is 6.27. The maximum Gasteiger partial charge on any atom is 0.135 e. The molecule has 0 saturated heterocycles. The molecule has 0 atom stereocenters. The minimum absolute atomic E-state index is 0. The molecule has 88 valence electrons. The van der Waals surface area contributed by atoms with Gasteiger partial charge in [0.15, 0.2) is 0 Å². The second-order valence-electron chi connectivity index (χ2n) is 3.91. The van der Waals surface area contributed by atoms with Crippen LogP contribution in [0.5, 0.6) is 0 Å². The molecule has 1 aromatic heterocycles. The van der Waals surface area contributed by atoms with E-state index in [0.717, 1.165) is 31.5 Å². The van der Waals surface area contributed by atoms with Gasteiger partial charge in [-0.1, -0.05) is 0 Å². The normalized spacial score (nSPS) is 25.2. The number of nitrogens with zero attached hydrogens (tertiary/aromatic N) is 3. The zero-order valence-electron chi connectivity index (χ0n) is 8.80. The van der Waals surface area contributed by atoms with Gasteiger partial charge in [-0.2, -0.15) is 0 Å². The Hall–Kier alpha value is -0.320. The van der Waals surface area contributed by atoms with E-state index in [1.54, 1.807) is 6.33 Å². The van der Waals surface area contributed by atoms with Crippen molar-refractivity contribution in [1.82, 2.24) is 14.8 Å². The van der Waals surface area contributed by atoms with E-state index in [1.165, 1.54) is 0 Å². The third kappa shape index (κ3) is 3.33. The van der Waals surface area contributed by atoms with Crippen LogP contribution in [0.4, 0.5) is 0 Å². The van der Waals surface area contributed by atoms with E-state index in [-0.39, 0.29) is 24.8 Å². The van der Waals surface area contributed by atoms with Crippen molar-refractivity contribution in [2.45, 2.75) is 37.6 Å². The van der Waals surface area contributed by atoms with Crippen molar-refractivity contribution in [3.8, 4) is 0 Å². The fraction of sp³-hybridized carbons (Fsp3) is 0.778. The third-order valence-electron chi connectivity index (χ3n) is 2.88. The standard InChI is InChI=1S/C9H16N4.2ClH/c1-13-6-11-12-9(13)7-2-4-8(10)5-3-7;;/h6-8H,2-5,10H2,1H3;2*1H. The van der Waals surface area contributed by atoms with Crippen LogP contribution in [0.2, 0.25) is 0 Å². The van der Waals surface area contributed by atoms with Crippen molar-refractivity contribution >= 4 is 24.8 Å². The molecule has 0 aromatic carbocycles. The van der Waals surface area contributed by atoms with Crippen LogP contribution in [0.3, 0.4) is 0 Å². The molecular weight excluding hydrogens is 235 g/mol. The van der Waals surface area contributed by atoms with Crippen LogP contribution in [0, 0.1) is 0 Å². The molecule has 1 heterocycles. The zero-order valence-corrected chi connectivity index (χ0v) is 10.4. The first-order valence-corrected chi connectivity index (χ1v) is 4.87. The minimum Gasteiger partial charge on any atom is -0.328 e. The van der Waals surface area contributed by atoms with Crippen molar-refractivity contribution in [2.24, 2.45) is 12.8 Å². The van der Waals surface area contributed by atoms with Crippen molar-refractivity contribution < 1.29 is 0 Å². The summed E-state index contributed by atoms with van der Waals surface area (Å²) in [6, 6.07) is 0.407. The lowest BCUT2D eigenvalue weighted by molar-refractivity contribution is 0.379. The highest BCUT2D eigenvalue weighted by atomic mass is 35.5. The highest BCUT2D eigenvalue weighted by Crippen LogP contribution is 2.30. The number of aryl methyl sites for hydroxylation is 1. The summed E-state index contributed by atoms with van der Waals surface area (Å²) in [4.78, 5) is 0. The molecule has 0 bridgehead atoms. The lowest BCUT2D eigenvalue weighted by Crippen LogP contribution is -2.26. The minimum atomic E-state index is 0. The van der Waals surface area contributed by atoms with Crippen LogP contribution >= 0.6 is 24.8 Å². The van der Waals surface area contributed by atoms with Crippen molar-refractivity contribution in [3.05, 3.63) is 12.2 Å². The highest BCUT2D eigenvalue weighted by Gasteiger charge is 2.22. The summed E-state index contributed by atoms with van der Waals surface area (Å²) in [6.07, 6.45) is 6.33. The molecular formula is C9H18Cl2N4. The van der Waals surface area contributed by atoms with Crippen LogP contribution in [0.15, 0.2) is 6.33 Å². The van der Waals surface area contributed by atoms with E-state index in [2.05, 4.69) is 10.2 Å².